The summed E-state index contributed by atoms with van der Waals surface area (Å²) in [6.45, 7) is 10.0. The van der Waals surface area contributed by atoms with Gasteiger partial charge in [0.25, 0.3) is 0 Å². The first-order valence-electron chi connectivity index (χ1n) is 28.1. The van der Waals surface area contributed by atoms with Gasteiger partial charge in [-0.1, -0.05) is 243 Å². The van der Waals surface area contributed by atoms with Crippen LogP contribution in [0.5, 0.6) is 0 Å². The average molecular weight is 1090 g/mol. The maximum atomic E-state index is 5.42. The van der Waals surface area contributed by atoms with Gasteiger partial charge in [0.05, 0.1) is 119 Å². The third-order valence-electron chi connectivity index (χ3n) is 13.9. The quantitative estimate of drug-likeness (QED) is 0.0415. The Kier molecular flexibility index (Phi) is 36.6. The summed E-state index contributed by atoms with van der Waals surface area (Å²) < 4.78 is 52.7. The molecule has 0 aliphatic carbocycles. The molecule has 0 saturated heterocycles. The van der Waals surface area contributed by atoms with Crippen LogP contribution in [0.25, 0.3) is 0 Å². The van der Waals surface area contributed by atoms with Crippen LogP contribution in [-0.4, -0.2) is 145 Å². The zero-order valence-corrected chi connectivity index (χ0v) is 49.1. The molecule has 8 aromatic rings. The van der Waals surface area contributed by atoms with Crippen molar-refractivity contribution in [1.29, 1.82) is 0 Å². The zero-order chi connectivity index (χ0) is 55.7. The fourth-order valence-electron chi connectivity index (χ4n) is 10.2. The third-order valence-corrected chi connectivity index (χ3v) is 13.9. The van der Waals surface area contributed by atoms with Gasteiger partial charge < -0.3 is 47.4 Å². The topological polar surface area (TPSA) is 92.3 Å². The minimum Gasteiger partial charge on any atom is -0.382 e. The number of benzene rings is 8. The van der Waals surface area contributed by atoms with Crippen molar-refractivity contribution in [3.8, 4) is 0 Å². The Labute approximate surface area is 513 Å². The van der Waals surface area contributed by atoms with Gasteiger partial charge in [0.2, 0.25) is 0 Å². The SMILES string of the molecule is COCCOCCOCCOCCOCCOCCOCCOCCOCCOC.[Li+].[Li+].c1ccc([B-](c2ccccc2)(c2ccccc2)c2ccccc2)cc1.c1ccc([B-](c2ccccc2)(c2ccccc2)c2ccccc2)cc1. The molecule has 8 aromatic carbocycles. The van der Waals surface area contributed by atoms with Crippen molar-refractivity contribution in [1.82, 2.24) is 0 Å². The first kappa shape index (κ1) is 69.2. The van der Waals surface area contributed by atoms with Crippen LogP contribution in [0.15, 0.2) is 243 Å². The molecule has 0 aliphatic rings. The monoisotopic (exact) mass is 1090 g/mol. The van der Waals surface area contributed by atoms with Crippen molar-refractivity contribution in [2.45, 2.75) is 0 Å². The average Bonchev–Trinajstić information content (AvgIpc) is 2.43. The number of hydrogen-bond donors (Lipinski definition) is 0. The summed E-state index contributed by atoms with van der Waals surface area (Å²) in [4.78, 5) is 0. The van der Waals surface area contributed by atoms with E-state index < -0.39 is 12.3 Å². The Morgan fingerprint density at radius 3 is 0.402 bits per heavy atom. The second-order valence-electron chi connectivity index (χ2n) is 18.9. The van der Waals surface area contributed by atoms with Crippen molar-refractivity contribution in [2.75, 3.05) is 133 Å². The van der Waals surface area contributed by atoms with E-state index in [1.165, 1.54) is 43.7 Å². The molecule has 422 valence electrons. The maximum absolute atomic E-state index is 5.42. The number of methoxy groups -OCH3 is 2. The molecular weight excluding hydrogens is 1010 g/mol. The van der Waals surface area contributed by atoms with Crippen LogP contribution in [0.4, 0.5) is 0 Å². The molecule has 0 fully saturated rings. The smallest absolute Gasteiger partial charge is 0.382 e. The van der Waals surface area contributed by atoms with Crippen molar-refractivity contribution >= 4 is 56.0 Å². The van der Waals surface area contributed by atoms with Gasteiger partial charge >= 0.3 is 37.7 Å². The molecular formula is C68H82B2Li2O10. The number of rotatable bonds is 35. The first-order valence-corrected chi connectivity index (χ1v) is 28.1. The Morgan fingerprint density at radius 1 is 0.183 bits per heavy atom. The molecule has 8 rings (SSSR count). The van der Waals surface area contributed by atoms with Gasteiger partial charge in [-0.2, -0.15) is 43.7 Å². The Hall–Kier alpha value is -5.32. The van der Waals surface area contributed by atoms with Gasteiger partial charge in [0, 0.05) is 14.2 Å². The summed E-state index contributed by atoms with van der Waals surface area (Å²) >= 11 is 0. The van der Waals surface area contributed by atoms with E-state index in [2.05, 4.69) is 243 Å². The largest absolute Gasteiger partial charge is 1.00 e. The molecule has 0 N–H and O–H groups in total. The molecule has 82 heavy (non-hydrogen) atoms. The van der Waals surface area contributed by atoms with Gasteiger partial charge in [-0.3, -0.25) is 0 Å². The maximum Gasteiger partial charge on any atom is 1.00 e. The summed E-state index contributed by atoms with van der Waals surface area (Å²) in [6.07, 6.45) is -2.43. The molecule has 0 bridgehead atoms. The molecule has 0 atom stereocenters. The van der Waals surface area contributed by atoms with E-state index in [9.17, 15) is 0 Å². The van der Waals surface area contributed by atoms with E-state index in [0.717, 1.165) is 0 Å². The molecule has 0 amide bonds. The van der Waals surface area contributed by atoms with E-state index in [-0.39, 0.29) is 37.7 Å². The minimum absolute atomic E-state index is 0. The van der Waals surface area contributed by atoms with Crippen LogP contribution in [-0.2, 0) is 47.4 Å². The van der Waals surface area contributed by atoms with Crippen molar-refractivity contribution in [3.63, 3.8) is 0 Å². The minimum atomic E-state index is -1.22. The predicted molar refractivity (Wildman–Crippen MR) is 330 cm³/mol. The van der Waals surface area contributed by atoms with Crippen LogP contribution >= 0.6 is 0 Å². The van der Waals surface area contributed by atoms with Gasteiger partial charge in [-0.05, 0) is 0 Å². The Morgan fingerprint density at radius 2 is 0.293 bits per heavy atom. The fourth-order valence-corrected chi connectivity index (χ4v) is 10.2. The number of hydrogen-bond acceptors (Lipinski definition) is 10. The third kappa shape index (κ3) is 22.7. The Balaban J connectivity index is 0.000000262. The summed E-state index contributed by atoms with van der Waals surface area (Å²) in [5.41, 5.74) is 10.7. The van der Waals surface area contributed by atoms with E-state index >= 15 is 0 Å². The predicted octanol–water partition coefficient (Wildman–Crippen LogP) is 0.548. The molecule has 10 nitrogen and oxygen atoms in total. The molecule has 0 aromatic heterocycles. The molecule has 0 spiro atoms. The molecule has 0 saturated carbocycles. The molecule has 0 aliphatic heterocycles. The summed E-state index contributed by atoms with van der Waals surface area (Å²) in [5, 5.41) is 0. The second kappa shape index (κ2) is 43.3. The van der Waals surface area contributed by atoms with Crippen LogP contribution in [0.2, 0.25) is 0 Å². The molecule has 0 radical (unpaired) electrons. The normalized spacial score (nSPS) is 11.0. The van der Waals surface area contributed by atoms with E-state index in [1.54, 1.807) is 14.2 Å². The molecule has 14 heteroatoms. The van der Waals surface area contributed by atoms with Gasteiger partial charge in [-0.15, -0.1) is 0 Å². The number of ether oxygens (including phenoxy) is 10. The van der Waals surface area contributed by atoms with Crippen molar-refractivity contribution < 1.29 is 85.1 Å². The summed E-state index contributed by atoms with van der Waals surface area (Å²) in [5.74, 6) is 0. The van der Waals surface area contributed by atoms with Gasteiger partial charge in [0.15, 0.2) is 0 Å². The first-order chi connectivity index (χ1) is 39.8. The van der Waals surface area contributed by atoms with Crippen LogP contribution < -0.4 is 81.4 Å². The summed E-state index contributed by atoms with van der Waals surface area (Å²) in [7, 11) is 3.29. The van der Waals surface area contributed by atoms with Crippen LogP contribution in [0.1, 0.15) is 0 Å². The van der Waals surface area contributed by atoms with Gasteiger partial charge in [0.1, 0.15) is 12.3 Å². The van der Waals surface area contributed by atoms with E-state index in [1.807, 2.05) is 0 Å². The second-order valence-corrected chi connectivity index (χ2v) is 18.9. The van der Waals surface area contributed by atoms with Crippen LogP contribution in [0.3, 0.4) is 0 Å². The Bertz CT molecular complexity index is 2200. The van der Waals surface area contributed by atoms with Crippen LogP contribution in [0, 0.1) is 0 Å². The van der Waals surface area contributed by atoms with Crippen molar-refractivity contribution in [2.24, 2.45) is 0 Å². The standard InChI is InChI=1S/2C24H20B.C20H42O10.2Li/c2*1-5-13-21(14-6-1)25(22-15-7-2-8-16-22,23-17-9-3-10-18-23)24-19-11-4-12-20-24;1-21-3-5-23-7-9-25-11-13-27-15-17-29-19-20-30-18-16-28-14-12-26-10-8-24-6-4-22-2;;/h2*1-20H;3-20H2,1-2H3;;/q2*-1;;2*+1. The van der Waals surface area contributed by atoms with E-state index in [4.69, 9.17) is 47.4 Å². The van der Waals surface area contributed by atoms with Gasteiger partial charge in [-0.25, -0.2) is 0 Å². The fraction of sp³-hybridized carbons (Fsp3) is 0.294. The molecule has 0 heterocycles. The zero-order valence-electron chi connectivity index (χ0n) is 49.1. The summed E-state index contributed by atoms with van der Waals surface area (Å²) in [6, 6.07) is 87.1. The molecule has 0 unspecified atom stereocenters. The van der Waals surface area contributed by atoms with Crippen molar-refractivity contribution in [3.05, 3.63) is 243 Å². The van der Waals surface area contributed by atoms with E-state index in [0.29, 0.717) is 119 Å².